The van der Waals surface area contributed by atoms with Crippen molar-refractivity contribution < 1.29 is 4.42 Å². The Bertz CT molecular complexity index is 2870. The van der Waals surface area contributed by atoms with Crippen molar-refractivity contribution in [2.24, 2.45) is 0 Å². The van der Waals surface area contributed by atoms with Crippen molar-refractivity contribution in [3.05, 3.63) is 200 Å². The van der Waals surface area contributed by atoms with Crippen molar-refractivity contribution in [2.75, 3.05) is 4.90 Å². The van der Waals surface area contributed by atoms with E-state index in [1.807, 2.05) is 0 Å². The van der Waals surface area contributed by atoms with Crippen molar-refractivity contribution in [3.8, 4) is 33.4 Å². The Hall–Kier alpha value is -6.90. The molecule has 0 saturated carbocycles. The van der Waals surface area contributed by atoms with Crippen LogP contribution in [0.25, 0.3) is 76.9 Å². The Morgan fingerprint density at radius 2 is 0.865 bits per heavy atom. The Balaban J connectivity index is 1.17. The molecule has 10 rings (SSSR count). The van der Waals surface area contributed by atoms with Gasteiger partial charge in [0, 0.05) is 33.1 Å². The summed E-state index contributed by atoms with van der Waals surface area (Å²) in [6.45, 7) is 0. The summed E-state index contributed by atoms with van der Waals surface area (Å²) in [5, 5.41) is 6.96. The van der Waals surface area contributed by atoms with Gasteiger partial charge in [0.05, 0.1) is 5.69 Å². The first-order chi connectivity index (χ1) is 25.8. The third-order valence-electron chi connectivity index (χ3n) is 10.2. The molecule has 9 aromatic carbocycles. The molecule has 1 heterocycles. The molecule has 0 N–H and O–H groups in total. The number of fused-ring (bicyclic) bond motifs is 5. The normalized spacial score (nSPS) is 11.5. The summed E-state index contributed by atoms with van der Waals surface area (Å²) >= 11 is 0. The van der Waals surface area contributed by atoms with Crippen LogP contribution in [0.5, 0.6) is 0 Å². The summed E-state index contributed by atoms with van der Waals surface area (Å²) < 4.78 is 6.82. The van der Waals surface area contributed by atoms with Gasteiger partial charge >= 0.3 is 0 Å². The van der Waals surface area contributed by atoms with Crippen LogP contribution in [0, 0.1) is 0 Å². The molecule has 0 amide bonds. The van der Waals surface area contributed by atoms with Crippen LogP contribution in [0.2, 0.25) is 0 Å². The molecule has 2 nitrogen and oxygen atoms in total. The van der Waals surface area contributed by atoms with Crippen LogP contribution < -0.4 is 4.90 Å². The van der Waals surface area contributed by atoms with E-state index in [4.69, 9.17) is 4.42 Å². The maximum atomic E-state index is 6.82. The standard InChI is InChI=1S/C50H33NO/c1-3-12-34(13-4-1)36-22-24-39(25-23-36)49-44-20-10-8-17-40(44)32-46-45-33-42(30-31-48(45)52-50(46)49)51(47-21-11-18-38-16-7-9-19-43(38)47)41-28-26-37(27-29-41)35-14-5-2-6-15-35/h1-33H. The SMILES string of the molecule is c1ccc(-c2ccc(-c3c4ccccc4cc4c3oc3ccc(N(c5ccc(-c6ccccc6)cc5)c5cccc6ccccc56)cc34)cc2)cc1. The fraction of sp³-hybridized carbons (Fsp3) is 0. The lowest BCUT2D eigenvalue weighted by Crippen LogP contribution is -2.10. The van der Waals surface area contributed by atoms with Crippen LogP contribution in [-0.4, -0.2) is 0 Å². The van der Waals surface area contributed by atoms with Gasteiger partial charge in [0.2, 0.25) is 0 Å². The Morgan fingerprint density at radius 1 is 0.327 bits per heavy atom. The quantitative estimate of drug-likeness (QED) is 0.176. The minimum atomic E-state index is 0.869. The van der Waals surface area contributed by atoms with E-state index in [0.717, 1.165) is 50.1 Å². The van der Waals surface area contributed by atoms with Crippen LogP contribution in [-0.2, 0) is 0 Å². The number of rotatable bonds is 6. The first-order valence-electron chi connectivity index (χ1n) is 17.8. The highest BCUT2D eigenvalue weighted by atomic mass is 16.3. The third-order valence-corrected chi connectivity index (χ3v) is 10.2. The second-order valence-corrected chi connectivity index (χ2v) is 13.3. The summed E-state index contributed by atoms with van der Waals surface area (Å²) in [7, 11) is 0. The largest absolute Gasteiger partial charge is 0.455 e. The maximum absolute atomic E-state index is 6.82. The molecule has 0 saturated heterocycles. The van der Waals surface area contributed by atoms with Gasteiger partial charge in [-0.3, -0.25) is 0 Å². The smallest absolute Gasteiger partial charge is 0.143 e. The monoisotopic (exact) mass is 663 g/mol. The summed E-state index contributed by atoms with van der Waals surface area (Å²) in [5.74, 6) is 0. The third kappa shape index (κ3) is 5.12. The molecule has 0 unspecified atom stereocenters. The molecule has 2 heteroatoms. The number of furan rings is 1. The summed E-state index contributed by atoms with van der Waals surface area (Å²) in [6.07, 6.45) is 0. The molecule has 0 spiro atoms. The van der Waals surface area contributed by atoms with Gasteiger partial charge in [0.15, 0.2) is 0 Å². The lowest BCUT2D eigenvalue weighted by Gasteiger charge is -2.27. The van der Waals surface area contributed by atoms with Gasteiger partial charge in [-0.05, 0) is 86.4 Å². The van der Waals surface area contributed by atoms with Gasteiger partial charge in [-0.25, -0.2) is 0 Å². The highest BCUT2D eigenvalue weighted by molar-refractivity contribution is 6.19. The van der Waals surface area contributed by atoms with Gasteiger partial charge in [0.25, 0.3) is 0 Å². The van der Waals surface area contributed by atoms with Gasteiger partial charge < -0.3 is 9.32 Å². The van der Waals surface area contributed by atoms with E-state index in [1.54, 1.807) is 0 Å². The number of hydrogen-bond donors (Lipinski definition) is 0. The number of hydrogen-bond acceptors (Lipinski definition) is 2. The summed E-state index contributed by atoms with van der Waals surface area (Å²) in [5.41, 5.74) is 12.1. The average Bonchev–Trinajstić information content (AvgIpc) is 3.58. The Kier molecular flexibility index (Phi) is 7.18. The second kappa shape index (κ2) is 12.5. The summed E-state index contributed by atoms with van der Waals surface area (Å²) in [4.78, 5) is 2.37. The fourth-order valence-electron chi connectivity index (χ4n) is 7.71. The van der Waals surface area contributed by atoms with Crippen molar-refractivity contribution in [1.82, 2.24) is 0 Å². The zero-order chi connectivity index (χ0) is 34.4. The molecule has 0 fully saturated rings. The maximum Gasteiger partial charge on any atom is 0.143 e. The van der Waals surface area contributed by atoms with Crippen molar-refractivity contribution >= 4 is 60.5 Å². The predicted molar refractivity (Wildman–Crippen MR) is 220 cm³/mol. The van der Waals surface area contributed by atoms with Crippen LogP contribution in [0.15, 0.2) is 205 Å². The molecule has 0 aliphatic heterocycles. The van der Waals surface area contributed by atoms with Gasteiger partial charge in [-0.15, -0.1) is 0 Å². The molecule has 52 heavy (non-hydrogen) atoms. The zero-order valence-electron chi connectivity index (χ0n) is 28.4. The van der Waals surface area contributed by atoms with Crippen molar-refractivity contribution in [1.29, 1.82) is 0 Å². The van der Waals surface area contributed by atoms with Gasteiger partial charge in [-0.2, -0.15) is 0 Å². The van der Waals surface area contributed by atoms with E-state index in [0.29, 0.717) is 0 Å². The van der Waals surface area contributed by atoms with Gasteiger partial charge in [-0.1, -0.05) is 158 Å². The van der Waals surface area contributed by atoms with Crippen LogP contribution in [0.4, 0.5) is 17.1 Å². The van der Waals surface area contributed by atoms with E-state index in [2.05, 4.69) is 205 Å². The molecular weight excluding hydrogens is 631 g/mol. The molecule has 0 aliphatic rings. The van der Waals surface area contributed by atoms with E-state index in [9.17, 15) is 0 Å². The van der Waals surface area contributed by atoms with Crippen LogP contribution in [0.1, 0.15) is 0 Å². The molecule has 0 aliphatic carbocycles. The van der Waals surface area contributed by atoms with Crippen LogP contribution >= 0.6 is 0 Å². The van der Waals surface area contributed by atoms with Gasteiger partial charge in [0.1, 0.15) is 11.2 Å². The first-order valence-corrected chi connectivity index (χ1v) is 17.8. The molecule has 244 valence electrons. The molecule has 0 radical (unpaired) electrons. The minimum absolute atomic E-state index is 0.869. The molecule has 0 atom stereocenters. The number of nitrogens with zero attached hydrogens (tertiary/aromatic N) is 1. The van der Waals surface area contributed by atoms with Crippen molar-refractivity contribution in [2.45, 2.75) is 0 Å². The Morgan fingerprint density at radius 3 is 1.58 bits per heavy atom. The van der Waals surface area contributed by atoms with Crippen LogP contribution in [0.3, 0.4) is 0 Å². The number of anilines is 3. The van der Waals surface area contributed by atoms with E-state index >= 15 is 0 Å². The molecular formula is C50H33NO. The molecule has 10 aromatic rings. The highest BCUT2D eigenvalue weighted by Crippen LogP contribution is 2.45. The first kappa shape index (κ1) is 30.0. The van der Waals surface area contributed by atoms with E-state index in [1.165, 1.54) is 43.8 Å². The molecule has 0 bridgehead atoms. The van der Waals surface area contributed by atoms with E-state index < -0.39 is 0 Å². The topological polar surface area (TPSA) is 16.4 Å². The fourth-order valence-corrected chi connectivity index (χ4v) is 7.71. The second-order valence-electron chi connectivity index (χ2n) is 13.3. The molecule has 1 aromatic heterocycles. The number of benzene rings is 9. The lowest BCUT2D eigenvalue weighted by molar-refractivity contribution is 0.670. The zero-order valence-corrected chi connectivity index (χ0v) is 28.4. The highest BCUT2D eigenvalue weighted by Gasteiger charge is 2.20. The summed E-state index contributed by atoms with van der Waals surface area (Å²) in [6, 6.07) is 71.6. The van der Waals surface area contributed by atoms with E-state index in [-0.39, 0.29) is 0 Å². The van der Waals surface area contributed by atoms with Crippen molar-refractivity contribution in [3.63, 3.8) is 0 Å². The lowest BCUT2D eigenvalue weighted by atomic mass is 9.94. The minimum Gasteiger partial charge on any atom is -0.455 e. The predicted octanol–water partition coefficient (Wildman–Crippen LogP) is 14.4. The Labute approximate surface area is 302 Å². The average molecular weight is 664 g/mol.